The predicted octanol–water partition coefficient (Wildman–Crippen LogP) is 1.94. The first-order valence-electron chi connectivity index (χ1n) is 5.12. The molecule has 0 bridgehead atoms. The molecule has 6 heteroatoms. The second-order valence-corrected chi connectivity index (χ2v) is 4.40. The molecule has 1 saturated heterocycles. The number of carbonyl (C=O) groups excluding carboxylic acids is 1. The minimum Gasteiger partial charge on any atom is -0.376 e. The molecule has 1 aliphatic rings. The summed E-state index contributed by atoms with van der Waals surface area (Å²) >= 11 is 3.23. The molecule has 1 heterocycles. The molecule has 0 radical (unpaired) electrons. The van der Waals surface area contributed by atoms with Crippen molar-refractivity contribution >= 4 is 27.5 Å². The maximum atomic E-state index is 13.0. The number of anilines is 1. The Morgan fingerprint density at radius 1 is 1.47 bits per heavy atom. The molecule has 1 fully saturated rings. The van der Waals surface area contributed by atoms with Crippen LogP contribution in [0.5, 0.6) is 0 Å². The Bertz CT molecular complexity index is 421. The summed E-state index contributed by atoms with van der Waals surface area (Å²) in [5.41, 5.74) is 0.379. The molecule has 1 aliphatic heterocycles. The zero-order chi connectivity index (χ0) is 12.3. The highest BCUT2D eigenvalue weighted by molar-refractivity contribution is 9.10. The highest BCUT2D eigenvalue weighted by Crippen LogP contribution is 2.23. The quantitative estimate of drug-likeness (QED) is 0.908. The van der Waals surface area contributed by atoms with Gasteiger partial charge in [0.1, 0.15) is 5.82 Å². The standard InChI is InChI=1S/C11H11BrFNO3/c12-8-2-1-7(13)5-9(8)14-11(15)10-6-16-3-4-17-10/h1-2,5,10H,3-4,6H2,(H,14,15). The highest BCUT2D eigenvalue weighted by Gasteiger charge is 2.23. The summed E-state index contributed by atoms with van der Waals surface area (Å²) in [4.78, 5) is 11.8. The van der Waals surface area contributed by atoms with Gasteiger partial charge in [0.05, 0.1) is 25.5 Å². The third kappa shape index (κ3) is 3.24. The lowest BCUT2D eigenvalue weighted by atomic mass is 10.2. The second-order valence-electron chi connectivity index (χ2n) is 3.55. The van der Waals surface area contributed by atoms with Gasteiger partial charge in [0, 0.05) is 4.47 Å². The number of halogens is 2. The number of benzene rings is 1. The lowest BCUT2D eigenvalue weighted by Gasteiger charge is -2.22. The van der Waals surface area contributed by atoms with Gasteiger partial charge in [-0.2, -0.15) is 0 Å². The van der Waals surface area contributed by atoms with Gasteiger partial charge in [-0.15, -0.1) is 0 Å². The van der Waals surface area contributed by atoms with E-state index in [-0.39, 0.29) is 12.5 Å². The Morgan fingerprint density at radius 2 is 2.29 bits per heavy atom. The monoisotopic (exact) mass is 303 g/mol. The van der Waals surface area contributed by atoms with Crippen molar-refractivity contribution in [3.05, 3.63) is 28.5 Å². The first kappa shape index (κ1) is 12.5. The average Bonchev–Trinajstić information content (AvgIpc) is 2.35. The fraction of sp³-hybridized carbons (Fsp3) is 0.364. The summed E-state index contributed by atoms with van der Waals surface area (Å²) in [6.45, 7) is 1.11. The van der Waals surface area contributed by atoms with Gasteiger partial charge in [-0.3, -0.25) is 4.79 Å². The summed E-state index contributed by atoms with van der Waals surface area (Å²) in [6, 6.07) is 4.08. The minimum atomic E-state index is -0.640. The van der Waals surface area contributed by atoms with Crippen LogP contribution in [0, 0.1) is 5.82 Å². The summed E-state index contributed by atoms with van der Waals surface area (Å²) in [7, 11) is 0. The molecule has 0 saturated carbocycles. The van der Waals surface area contributed by atoms with E-state index < -0.39 is 11.9 Å². The third-order valence-corrected chi connectivity index (χ3v) is 2.99. The molecule has 4 nitrogen and oxygen atoms in total. The molecule has 1 atom stereocenters. The minimum absolute atomic E-state index is 0.221. The van der Waals surface area contributed by atoms with Crippen molar-refractivity contribution in [2.75, 3.05) is 25.1 Å². The van der Waals surface area contributed by atoms with E-state index in [1.165, 1.54) is 18.2 Å². The van der Waals surface area contributed by atoms with E-state index in [1.807, 2.05) is 0 Å². The fourth-order valence-corrected chi connectivity index (χ4v) is 1.79. The van der Waals surface area contributed by atoms with Crippen LogP contribution in [0.15, 0.2) is 22.7 Å². The smallest absolute Gasteiger partial charge is 0.255 e. The van der Waals surface area contributed by atoms with Crippen molar-refractivity contribution < 1.29 is 18.7 Å². The molecule has 1 amide bonds. The van der Waals surface area contributed by atoms with E-state index in [9.17, 15) is 9.18 Å². The zero-order valence-corrected chi connectivity index (χ0v) is 10.5. The molecule has 1 N–H and O–H groups in total. The maximum absolute atomic E-state index is 13.0. The highest BCUT2D eigenvalue weighted by atomic mass is 79.9. The fourth-order valence-electron chi connectivity index (χ4n) is 1.45. The van der Waals surface area contributed by atoms with Crippen molar-refractivity contribution in [1.82, 2.24) is 0 Å². The SMILES string of the molecule is O=C(Nc1cc(F)ccc1Br)C1COCCO1. The predicted molar refractivity (Wildman–Crippen MR) is 63.3 cm³/mol. The van der Waals surface area contributed by atoms with E-state index in [1.54, 1.807) is 0 Å². The van der Waals surface area contributed by atoms with Gasteiger partial charge < -0.3 is 14.8 Å². The molecule has 1 unspecified atom stereocenters. The molecule has 17 heavy (non-hydrogen) atoms. The number of ether oxygens (including phenoxy) is 2. The van der Waals surface area contributed by atoms with Gasteiger partial charge in [-0.25, -0.2) is 4.39 Å². The van der Waals surface area contributed by atoms with E-state index in [0.717, 1.165) is 0 Å². The van der Waals surface area contributed by atoms with Crippen molar-refractivity contribution in [2.45, 2.75) is 6.10 Å². The molecular formula is C11H11BrFNO3. The largest absolute Gasteiger partial charge is 0.376 e. The maximum Gasteiger partial charge on any atom is 0.255 e. The van der Waals surface area contributed by atoms with Crippen molar-refractivity contribution in [2.24, 2.45) is 0 Å². The molecule has 0 spiro atoms. The van der Waals surface area contributed by atoms with Crippen LogP contribution in [-0.2, 0) is 14.3 Å². The number of nitrogens with one attached hydrogen (secondary N) is 1. The second kappa shape index (κ2) is 5.57. The van der Waals surface area contributed by atoms with Gasteiger partial charge in [0.2, 0.25) is 0 Å². The van der Waals surface area contributed by atoms with Crippen LogP contribution in [0.2, 0.25) is 0 Å². The number of hydrogen-bond donors (Lipinski definition) is 1. The number of hydrogen-bond acceptors (Lipinski definition) is 3. The third-order valence-electron chi connectivity index (χ3n) is 2.29. The van der Waals surface area contributed by atoms with E-state index >= 15 is 0 Å². The van der Waals surface area contributed by atoms with Gasteiger partial charge in [-0.1, -0.05) is 0 Å². The average molecular weight is 304 g/mol. The zero-order valence-electron chi connectivity index (χ0n) is 8.91. The van der Waals surface area contributed by atoms with Gasteiger partial charge >= 0.3 is 0 Å². The molecule has 1 aromatic carbocycles. The molecule has 0 aliphatic carbocycles. The van der Waals surface area contributed by atoms with Gasteiger partial charge in [0.25, 0.3) is 5.91 Å². The van der Waals surface area contributed by atoms with Crippen LogP contribution in [0.1, 0.15) is 0 Å². The topological polar surface area (TPSA) is 47.6 Å². The lowest BCUT2D eigenvalue weighted by Crippen LogP contribution is -2.39. The summed E-state index contributed by atoms with van der Waals surface area (Å²) in [5, 5.41) is 2.59. The number of rotatable bonds is 2. The Balaban J connectivity index is 2.04. The molecule has 92 valence electrons. The van der Waals surface area contributed by atoms with E-state index in [2.05, 4.69) is 21.2 Å². The number of carbonyl (C=O) groups is 1. The molecule has 1 aromatic rings. The van der Waals surface area contributed by atoms with Crippen LogP contribution in [0.25, 0.3) is 0 Å². The van der Waals surface area contributed by atoms with E-state index in [4.69, 9.17) is 9.47 Å². The van der Waals surface area contributed by atoms with Gasteiger partial charge in [-0.05, 0) is 34.1 Å². The molecular weight excluding hydrogens is 293 g/mol. The van der Waals surface area contributed by atoms with Crippen LogP contribution in [-0.4, -0.2) is 31.8 Å². The van der Waals surface area contributed by atoms with Crippen molar-refractivity contribution in [1.29, 1.82) is 0 Å². The Kier molecular flexibility index (Phi) is 4.09. The van der Waals surface area contributed by atoms with Crippen LogP contribution >= 0.6 is 15.9 Å². The number of amides is 1. The summed E-state index contributed by atoms with van der Waals surface area (Å²) < 4.78 is 24.0. The lowest BCUT2D eigenvalue weighted by molar-refractivity contribution is -0.142. The summed E-state index contributed by atoms with van der Waals surface area (Å²) in [6.07, 6.45) is -0.640. The summed E-state index contributed by atoms with van der Waals surface area (Å²) in [5.74, 6) is -0.750. The first-order chi connectivity index (χ1) is 8.16. The molecule has 2 rings (SSSR count). The normalized spacial score (nSPS) is 20.0. The Morgan fingerprint density at radius 3 is 3.00 bits per heavy atom. The Hall–Kier alpha value is -0.980. The van der Waals surface area contributed by atoms with E-state index in [0.29, 0.717) is 23.4 Å². The van der Waals surface area contributed by atoms with Crippen molar-refractivity contribution in [3.8, 4) is 0 Å². The Labute approximate surface area is 106 Å². The van der Waals surface area contributed by atoms with Gasteiger partial charge in [0.15, 0.2) is 6.10 Å². The van der Waals surface area contributed by atoms with Crippen LogP contribution in [0.4, 0.5) is 10.1 Å². The van der Waals surface area contributed by atoms with Crippen LogP contribution in [0.3, 0.4) is 0 Å². The van der Waals surface area contributed by atoms with Crippen molar-refractivity contribution in [3.63, 3.8) is 0 Å². The first-order valence-corrected chi connectivity index (χ1v) is 5.91. The molecule has 0 aromatic heterocycles. The van der Waals surface area contributed by atoms with Crippen LogP contribution < -0.4 is 5.32 Å².